The summed E-state index contributed by atoms with van der Waals surface area (Å²) in [5, 5.41) is 0. The first kappa shape index (κ1) is 13.7. The van der Waals surface area contributed by atoms with E-state index in [1.54, 1.807) is 42.5 Å². The average molecular weight is 374 g/mol. The summed E-state index contributed by atoms with van der Waals surface area (Å²) in [6, 6.07) is 14.2. The molecule has 0 N–H and O–H groups in total. The molecule has 0 aliphatic heterocycles. The topological polar surface area (TPSA) is 37.4 Å². The molecule has 0 fully saturated rings. The number of hydrogen-bond donors (Lipinski definition) is 0. The molecule has 3 aromatic rings. The van der Waals surface area contributed by atoms with Crippen LogP contribution in [0.2, 0.25) is 0 Å². The van der Waals surface area contributed by atoms with Crippen LogP contribution >= 0.6 is 0 Å². The van der Waals surface area contributed by atoms with Crippen LogP contribution in [0.3, 0.4) is 0 Å². The lowest BCUT2D eigenvalue weighted by atomic mass is 10.0. The number of hydrogen-bond acceptors (Lipinski definition) is 2. The van der Waals surface area contributed by atoms with Gasteiger partial charge in [0.15, 0.2) is 0 Å². The molecule has 0 radical (unpaired) electrons. The zero-order valence-corrected chi connectivity index (χ0v) is 15.5. The first-order valence-corrected chi connectivity index (χ1v) is 9.00. The molecule has 1 atom stereocenters. The van der Waals surface area contributed by atoms with Gasteiger partial charge in [-0.15, -0.1) is 0 Å². The highest BCUT2D eigenvalue weighted by atomic mass is 16.2. The summed E-state index contributed by atoms with van der Waals surface area (Å²) in [6.07, 6.45) is 3.20. The Balaban J connectivity index is 2.14. The summed E-state index contributed by atoms with van der Waals surface area (Å²) >= 11 is 0. The van der Waals surface area contributed by atoms with Crippen LogP contribution < -0.4 is 0 Å². The third-order valence-electron chi connectivity index (χ3n) is 4.27. The van der Waals surface area contributed by atoms with Crippen molar-refractivity contribution in [2.45, 2.75) is 19.4 Å². The average Bonchev–Trinajstić information content (AvgIpc) is 2.84. The van der Waals surface area contributed by atoms with E-state index in [4.69, 9.17) is 6.85 Å². The highest BCUT2D eigenvalue weighted by Gasteiger charge is 2.29. The van der Waals surface area contributed by atoms with Gasteiger partial charge < -0.3 is 0 Å². The van der Waals surface area contributed by atoms with Gasteiger partial charge in [-0.25, -0.2) is 0 Å². The minimum Gasteiger partial charge on any atom is -0.269 e. The summed E-state index contributed by atoms with van der Waals surface area (Å²) in [5.74, 6) is -1.59. The van der Waals surface area contributed by atoms with Crippen LogP contribution in [0.15, 0.2) is 97.0 Å². The van der Waals surface area contributed by atoms with E-state index >= 15 is 0 Å². The summed E-state index contributed by atoms with van der Waals surface area (Å²) in [4.78, 5) is 27.9. The molecule has 0 aliphatic carbocycles. The minimum atomic E-state index is -0.939. The fourth-order valence-corrected chi connectivity index (χ4v) is 2.93. The molecule has 0 spiro atoms. The van der Waals surface area contributed by atoms with Crippen molar-refractivity contribution in [3.63, 3.8) is 0 Å². The lowest BCUT2D eigenvalue weighted by Gasteiger charge is -2.29. The number of nitrogens with zero attached hydrogens (tertiary/aromatic N) is 1. The van der Waals surface area contributed by atoms with Crippen LogP contribution in [-0.2, 0) is 4.79 Å². The monoisotopic (exact) mass is 374 g/mol. The summed E-state index contributed by atoms with van der Waals surface area (Å²) in [7, 11) is 0. The van der Waals surface area contributed by atoms with E-state index < -0.39 is 53.6 Å². The van der Waals surface area contributed by atoms with E-state index in [1.165, 1.54) is 6.08 Å². The second-order valence-corrected chi connectivity index (χ2v) is 6.09. The molecule has 0 saturated carbocycles. The Labute approximate surface area is 173 Å². The largest absolute Gasteiger partial charge is 0.269 e. The SMILES string of the molecule is [2H]c1c([2H])c([2H])c(C(=O)N(C(=O)/C=C/c2ccccc2)C(CC)c2ccccc2)c([2H])c1[2H]. The van der Waals surface area contributed by atoms with Gasteiger partial charge in [-0.1, -0.05) is 85.7 Å². The van der Waals surface area contributed by atoms with Crippen molar-refractivity contribution in [3.05, 3.63) is 114 Å². The van der Waals surface area contributed by atoms with Crippen molar-refractivity contribution >= 4 is 17.9 Å². The van der Waals surface area contributed by atoms with Gasteiger partial charge in [-0.2, -0.15) is 0 Å². The number of benzene rings is 3. The normalized spacial score (nSPS) is 14.4. The zero-order valence-electron chi connectivity index (χ0n) is 20.5. The summed E-state index contributed by atoms with van der Waals surface area (Å²) in [5.41, 5.74) is 0.924. The van der Waals surface area contributed by atoms with Crippen LogP contribution in [0.5, 0.6) is 0 Å². The van der Waals surface area contributed by atoms with Gasteiger partial charge in [-0.3, -0.25) is 14.5 Å². The Morgan fingerprint density at radius 1 is 0.964 bits per heavy atom. The maximum absolute atomic E-state index is 13.6. The van der Waals surface area contributed by atoms with Crippen LogP contribution in [0.1, 0.15) is 47.7 Å². The van der Waals surface area contributed by atoms with Gasteiger partial charge in [0.25, 0.3) is 11.8 Å². The Morgan fingerprint density at radius 3 is 2.18 bits per heavy atom. The number of carbonyl (C=O) groups excluding carboxylic acids is 2. The third kappa shape index (κ3) is 4.63. The van der Waals surface area contributed by atoms with Crippen LogP contribution in [0.4, 0.5) is 0 Å². The van der Waals surface area contributed by atoms with Crippen molar-refractivity contribution in [1.82, 2.24) is 4.90 Å². The number of imide groups is 1. The summed E-state index contributed by atoms with van der Waals surface area (Å²) in [6.45, 7) is 1.81. The second-order valence-electron chi connectivity index (χ2n) is 6.09. The maximum atomic E-state index is 13.6. The Morgan fingerprint density at radius 2 is 1.57 bits per heavy atom. The highest BCUT2D eigenvalue weighted by Crippen LogP contribution is 2.26. The number of carbonyl (C=O) groups is 2. The predicted molar refractivity (Wildman–Crippen MR) is 113 cm³/mol. The van der Waals surface area contributed by atoms with Crippen LogP contribution in [-0.4, -0.2) is 16.7 Å². The standard InChI is InChI=1S/C25H23NO2/c1-2-23(21-14-8-4-9-15-21)26(25(28)22-16-10-5-11-17-22)24(27)19-18-20-12-6-3-7-13-20/h3-19,23H,2H2,1H3/b19-18+/i5D,10D,11D,16D,17D. The molecule has 0 bridgehead atoms. The van der Waals surface area contributed by atoms with Gasteiger partial charge in [0, 0.05) is 11.6 Å². The molecule has 3 heteroatoms. The molecule has 0 heterocycles. The molecule has 3 nitrogen and oxygen atoms in total. The fraction of sp³-hybridized carbons (Fsp3) is 0.120. The number of rotatable bonds is 6. The van der Waals surface area contributed by atoms with Crippen molar-refractivity contribution in [2.75, 3.05) is 0 Å². The van der Waals surface area contributed by atoms with Gasteiger partial charge in [0.1, 0.15) is 0 Å². The molecule has 140 valence electrons. The molecule has 0 aliphatic rings. The fourth-order valence-electron chi connectivity index (χ4n) is 2.93. The van der Waals surface area contributed by atoms with Crippen LogP contribution in [0, 0.1) is 0 Å². The smallest absolute Gasteiger partial charge is 0.261 e. The van der Waals surface area contributed by atoms with E-state index in [2.05, 4.69) is 0 Å². The molecular formula is C25H23NO2. The van der Waals surface area contributed by atoms with Crippen molar-refractivity contribution in [3.8, 4) is 0 Å². The van der Waals surface area contributed by atoms with E-state index in [1.807, 2.05) is 31.2 Å². The summed E-state index contributed by atoms with van der Waals surface area (Å²) < 4.78 is 40.0. The zero-order chi connectivity index (χ0) is 24.1. The quantitative estimate of drug-likeness (QED) is 0.533. The maximum Gasteiger partial charge on any atom is 0.261 e. The van der Waals surface area contributed by atoms with Crippen molar-refractivity contribution < 1.29 is 16.4 Å². The van der Waals surface area contributed by atoms with Crippen molar-refractivity contribution in [2.24, 2.45) is 0 Å². The van der Waals surface area contributed by atoms with E-state index in [-0.39, 0.29) is 0 Å². The second kappa shape index (κ2) is 9.47. The van der Waals surface area contributed by atoms with Gasteiger partial charge >= 0.3 is 0 Å². The first-order valence-electron chi connectivity index (χ1n) is 11.5. The lowest BCUT2D eigenvalue weighted by molar-refractivity contribution is -0.125. The minimum absolute atomic E-state index is 0.374. The van der Waals surface area contributed by atoms with E-state index in [9.17, 15) is 9.59 Å². The molecule has 3 rings (SSSR count). The number of amides is 2. The predicted octanol–water partition coefficient (Wildman–Crippen LogP) is 5.52. The molecule has 3 aromatic carbocycles. The van der Waals surface area contributed by atoms with E-state index in [0.717, 1.165) is 10.5 Å². The molecular weight excluding hydrogens is 346 g/mol. The Kier molecular flexibility index (Phi) is 4.62. The molecule has 1 unspecified atom stereocenters. The molecule has 2 amide bonds. The Bertz CT molecular complexity index is 1170. The Hall–Kier alpha value is -3.46. The molecule has 0 aromatic heterocycles. The first-order chi connectivity index (χ1) is 15.8. The highest BCUT2D eigenvalue weighted by molar-refractivity contribution is 6.09. The molecule has 0 saturated heterocycles. The van der Waals surface area contributed by atoms with Gasteiger partial charge in [0.05, 0.1) is 12.9 Å². The van der Waals surface area contributed by atoms with Crippen LogP contribution in [0.25, 0.3) is 6.08 Å². The third-order valence-corrected chi connectivity index (χ3v) is 4.27. The van der Waals surface area contributed by atoms with Crippen molar-refractivity contribution in [1.29, 1.82) is 0 Å². The van der Waals surface area contributed by atoms with Gasteiger partial charge in [-0.05, 0) is 35.7 Å². The molecule has 28 heavy (non-hydrogen) atoms. The van der Waals surface area contributed by atoms with E-state index in [0.29, 0.717) is 12.0 Å². The van der Waals surface area contributed by atoms with Gasteiger partial charge in [0.2, 0.25) is 0 Å². The lowest BCUT2D eigenvalue weighted by Crippen LogP contribution is -2.39.